The Hall–Kier alpha value is -4.52. The van der Waals surface area contributed by atoms with Crippen LogP contribution in [0.5, 0.6) is 11.5 Å². The molecule has 0 aliphatic heterocycles. The van der Waals surface area contributed by atoms with Crippen molar-refractivity contribution in [2.45, 2.75) is 44.4 Å². The first-order valence-electron chi connectivity index (χ1n) is 13.7. The Bertz CT molecular complexity index is 1510. The summed E-state index contributed by atoms with van der Waals surface area (Å²) in [5.74, 6) is 1.03. The molecule has 0 saturated heterocycles. The fourth-order valence-corrected chi connectivity index (χ4v) is 5.22. The lowest BCUT2D eigenvalue weighted by Crippen LogP contribution is -2.20. The van der Waals surface area contributed by atoms with Crippen molar-refractivity contribution < 1.29 is 19.1 Å². The van der Waals surface area contributed by atoms with E-state index in [0.29, 0.717) is 22.9 Å². The Morgan fingerprint density at radius 1 is 0.975 bits per heavy atom. The van der Waals surface area contributed by atoms with Gasteiger partial charge in [-0.15, -0.1) is 0 Å². The molecule has 1 aliphatic carbocycles. The molecule has 2 amide bonds. The fourth-order valence-electron chi connectivity index (χ4n) is 5.22. The number of hydrogen-bond acceptors (Lipinski definition) is 5. The van der Waals surface area contributed by atoms with Crippen LogP contribution in [0.3, 0.4) is 0 Å². The number of benzene rings is 3. The Balaban J connectivity index is 1.37. The molecule has 2 atom stereocenters. The maximum Gasteiger partial charge on any atom is 0.343 e. The highest BCUT2D eigenvalue weighted by atomic mass is 16.5. The highest BCUT2D eigenvalue weighted by Gasteiger charge is 2.37. The predicted octanol–water partition coefficient (Wildman–Crippen LogP) is 7.28. The first kappa shape index (κ1) is 27.1. The topological polar surface area (TPSA) is 101 Å². The summed E-state index contributed by atoms with van der Waals surface area (Å²) in [6.07, 6.45) is 3.39. The standard InChI is InChI=1S/C33H34N2O5/c1-3-22(18-21-8-5-4-6-9-21)29-20-28(36)31(32(37)40-29)30(23-12-13-23)24-10-7-11-26(19-24)35-33(38)34-25-14-16-27(39-2)17-15-25/h4-11,14-17,19-20,22-23,30,36H,3,12-13,18H2,1-2H3,(H2,34,35,38). The van der Waals surface area contributed by atoms with Gasteiger partial charge in [-0.25, -0.2) is 9.59 Å². The van der Waals surface area contributed by atoms with Gasteiger partial charge >= 0.3 is 11.7 Å². The van der Waals surface area contributed by atoms with Crippen LogP contribution in [0.25, 0.3) is 0 Å². The smallest absolute Gasteiger partial charge is 0.343 e. The summed E-state index contributed by atoms with van der Waals surface area (Å²) in [4.78, 5) is 26.0. The number of amides is 2. The van der Waals surface area contributed by atoms with Gasteiger partial charge in [-0.2, -0.15) is 0 Å². The molecule has 1 fully saturated rings. The molecule has 7 heteroatoms. The van der Waals surface area contributed by atoms with Gasteiger partial charge in [-0.1, -0.05) is 49.4 Å². The van der Waals surface area contributed by atoms with Crippen LogP contribution >= 0.6 is 0 Å². The SMILES string of the molecule is CCC(Cc1ccccc1)c1cc(O)c(C(c2cccc(NC(=O)Nc3ccc(OC)cc3)c2)C2CC2)c(=O)o1. The number of rotatable bonds is 10. The Morgan fingerprint density at radius 3 is 2.35 bits per heavy atom. The van der Waals surface area contributed by atoms with Gasteiger partial charge in [0, 0.05) is 29.3 Å². The molecule has 7 nitrogen and oxygen atoms in total. The molecular weight excluding hydrogens is 504 g/mol. The summed E-state index contributed by atoms with van der Waals surface area (Å²) in [5, 5.41) is 16.8. The maximum absolute atomic E-state index is 13.4. The normalized spacial score (nSPS) is 14.2. The summed E-state index contributed by atoms with van der Waals surface area (Å²) >= 11 is 0. The first-order valence-corrected chi connectivity index (χ1v) is 13.7. The molecule has 5 rings (SSSR count). The molecule has 2 unspecified atom stereocenters. The number of anilines is 2. The Labute approximate surface area is 233 Å². The average Bonchev–Trinajstić information content (AvgIpc) is 3.80. The summed E-state index contributed by atoms with van der Waals surface area (Å²) in [5.41, 5.74) is 2.98. The van der Waals surface area contributed by atoms with E-state index in [9.17, 15) is 14.7 Å². The van der Waals surface area contributed by atoms with Crippen LogP contribution in [0.4, 0.5) is 16.2 Å². The minimum absolute atomic E-state index is 0.0221. The Morgan fingerprint density at radius 2 is 1.70 bits per heavy atom. The number of aromatic hydroxyl groups is 1. The van der Waals surface area contributed by atoms with E-state index in [1.165, 1.54) is 0 Å². The lowest BCUT2D eigenvalue weighted by Gasteiger charge is -2.20. The monoisotopic (exact) mass is 538 g/mol. The highest BCUT2D eigenvalue weighted by Crippen LogP contribution is 2.48. The van der Waals surface area contributed by atoms with Crippen LogP contribution in [0, 0.1) is 5.92 Å². The first-order chi connectivity index (χ1) is 19.4. The second-order valence-corrected chi connectivity index (χ2v) is 10.3. The van der Waals surface area contributed by atoms with Crippen molar-refractivity contribution in [2.75, 3.05) is 17.7 Å². The van der Waals surface area contributed by atoms with Crippen molar-refractivity contribution in [3.8, 4) is 11.5 Å². The van der Waals surface area contributed by atoms with Crippen LogP contribution in [0.15, 0.2) is 94.1 Å². The van der Waals surface area contributed by atoms with Crippen molar-refractivity contribution in [3.63, 3.8) is 0 Å². The van der Waals surface area contributed by atoms with E-state index in [-0.39, 0.29) is 35.1 Å². The molecule has 206 valence electrons. The van der Waals surface area contributed by atoms with Crippen molar-refractivity contribution >= 4 is 17.4 Å². The maximum atomic E-state index is 13.4. The third kappa shape index (κ3) is 6.37. The van der Waals surface area contributed by atoms with Gasteiger partial charge in [0.05, 0.1) is 12.7 Å². The van der Waals surface area contributed by atoms with Crippen LogP contribution in [-0.4, -0.2) is 18.2 Å². The molecule has 3 N–H and O–H groups in total. The van der Waals surface area contributed by atoms with E-state index >= 15 is 0 Å². The van der Waals surface area contributed by atoms with E-state index in [0.717, 1.165) is 36.8 Å². The molecule has 1 aromatic heterocycles. The van der Waals surface area contributed by atoms with Gasteiger partial charge in [0.15, 0.2) is 0 Å². The summed E-state index contributed by atoms with van der Waals surface area (Å²) in [6, 6.07) is 25.8. The molecule has 40 heavy (non-hydrogen) atoms. The number of hydrogen-bond donors (Lipinski definition) is 3. The van der Waals surface area contributed by atoms with E-state index in [2.05, 4.69) is 29.7 Å². The third-order valence-corrected chi connectivity index (χ3v) is 7.46. The average molecular weight is 539 g/mol. The van der Waals surface area contributed by atoms with Gasteiger partial charge in [0.25, 0.3) is 0 Å². The number of carbonyl (C=O) groups excluding carboxylic acids is 1. The van der Waals surface area contributed by atoms with E-state index < -0.39 is 5.63 Å². The van der Waals surface area contributed by atoms with Crippen molar-refractivity contribution in [3.05, 3.63) is 118 Å². The summed E-state index contributed by atoms with van der Waals surface area (Å²) in [7, 11) is 1.59. The zero-order chi connectivity index (χ0) is 28.1. The molecule has 0 radical (unpaired) electrons. The molecule has 4 aromatic rings. The minimum atomic E-state index is -0.506. The lowest BCUT2D eigenvalue weighted by molar-refractivity contribution is 0.262. The quantitative estimate of drug-likeness (QED) is 0.197. The second kappa shape index (κ2) is 12.1. The molecule has 1 saturated carbocycles. The predicted molar refractivity (Wildman–Crippen MR) is 156 cm³/mol. The third-order valence-electron chi connectivity index (χ3n) is 7.46. The largest absolute Gasteiger partial charge is 0.507 e. The van der Waals surface area contributed by atoms with E-state index in [1.54, 1.807) is 43.5 Å². The van der Waals surface area contributed by atoms with Crippen LogP contribution in [0.1, 0.15) is 60.5 Å². The van der Waals surface area contributed by atoms with Gasteiger partial charge in [-0.05, 0) is 79.1 Å². The number of methoxy groups -OCH3 is 1. The zero-order valence-corrected chi connectivity index (χ0v) is 22.7. The van der Waals surface area contributed by atoms with Gasteiger partial charge in [0.1, 0.15) is 17.3 Å². The molecule has 0 spiro atoms. The number of nitrogens with one attached hydrogen (secondary N) is 2. The lowest BCUT2D eigenvalue weighted by atomic mass is 9.86. The molecule has 1 aliphatic rings. The second-order valence-electron chi connectivity index (χ2n) is 10.3. The van der Waals surface area contributed by atoms with Crippen LogP contribution in [-0.2, 0) is 6.42 Å². The summed E-state index contributed by atoms with van der Waals surface area (Å²) in [6.45, 7) is 2.05. The zero-order valence-electron chi connectivity index (χ0n) is 22.7. The van der Waals surface area contributed by atoms with Crippen molar-refractivity contribution in [2.24, 2.45) is 5.92 Å². The number of ether oxygens (including phenoxy) is 1. The molecular formula is C33H34N2O5. The number of urea groups is 1. The van der Waals surface area contributed by atoms with Gasteiger partial charge in [0.2, 0.25) is 0 Å². The number of carbonyl (C=O) groups is 1. The molecule has 0 bridgehead atoms. The highest BCUT2D eigenvalue weighted by molar-refractivity contribution is 5.99. The van der Waals surface area contributed by atoms with Gasteiger partial charge in [-0.3, -0.25) is 0 Å². The van der Waals surface area contributed by atoms with Crippen LogP contribution in [0.2, 0.25) is 0 Å². The summed E-state index contributed by atoms with van der Waals surface area (Å²) < 4.78 is 11.0. The van der Waals surface area contributed by atoms with E-state index in [4.69, 9.17) is 9.15 Å². The van der Waals surface area contributed by atoms with E-state index in [1.807, 2.05) is 36.4 Å². The van der Waals surface area contributed by atoms with Crippen molar-refractivity contribution in [1.29, 1.82) is 0 Å². The van der Waals surface area contributed by atoms with Crippen molar-refractivity contribution in [1.82, 2.24) is 0 Å². The molecule has 3 aromatic carbocycles. The Kier molecular flexibility index (Phi) is 8.20. The van der Waals surface area contributed by atoms with Gasteiger partial charge < -0.3 is 24.9 Å². The molecule has 1 heterocycles. The minimum Gasteiger partial charge on any atom is -0.507 e. The van der Waals surface area contributed by atoms with Crippen LogP contribution < -0.4 is 21.0 Å². The fraction of sp³-hybridized carbons (Fsp3) is 0.273.